The van der Waals surface area contributed by atoms with Crippen LogP contribution in [0, 0.1) is 5.41 Å². The first-order chi connectivity index (χ1) is 5.75. The van der Waals surface area contributed by atoms with Crippen LogP contribution in [-0.2, 0) is 4.79 Å². The summed E-state index contributed by atoms with van der Waals surface area (Å²) in [5.74, 6) is -0.359. The van der Waals surface area contributed by atoms with Crippen LogP contribution < -0.4 is 0 Å². The first-order valence-electron chi connectivity index (χ1n) is 3.81. The zero-order valence-corrected chi connectivity index (χ0v) is 6.95. The summed E-state index contributed by atoms with van der Waals surface area (Å²) in [5, 5.41) is 7.08. The number of Topliss-reactive ketones (excluding diaryl/α,β-unsaturated/α-hetero) is 1. The fourth-order valence-corrected chi connectivity index (χ4v) is 1.11. The number of carbonyl (C=O) groups is 1. The minimum absolute atomic E-state index is 0.0104. The maximum absolute atomic E-state index is 11.0. The molecule has 0 saturated carbocycles. The van der Waals surface area contributed by atoms with E-state index in [0.29, 0.717) is 0 Å². The lowest BCUT2D eigenvalue weighted by Crippen LogP contribution is -2.09. The zero-order valence-electron chi connectivity index (χ0n) is 6.95. The summed E-state index contributed by atoms with van der Waals surface area (Å²) in [4.78, 5) is 11.0. The first kappa shape index (κ1) is 8.65. The molecule has 0 aliphatic carbocycles. The van der Waals surface area contributed by atoms with Gasteiger partial charge in [0.1, 0.15) is 5.78 Å². The van der Waals surface area contributed by atoms with E-state index in [9.17, 15) is 4.79 Å². The second kappa shape index (κ2) is 3.81. The number of benzene rings is 1. The van der Waals surface area contributed by atoms with Crippen molar-refractivity contribution in [1.82, 2.24) is 0 Å². The van der Waals surface area contributed by atoms with E-state index in [4.69, 9.17) is 5.41 Å². The number of hydrogen-bond acceptors (Lipinski definition) is 2. The van der Waals surface area contributed by atoms with Gasteiger partial charge in [-0.3, -0.25) is 4.79 Å². The van der Waals surface area contributed by atoms with Gasteiger partial charge in [0, 0.05) is 6.21 Å². The topological polar surface area (TPSA) is 40.9 Å². The summed E-state index contributed by atoms with van der Waals surface area (Å²) in [6, 6.07) is 9.35. The third-order valence-electron chi connectivity index (χ3n) is 1.76. The molecule has 1 unspecified atom stereocenters. The van der Waals surface area contributed by atoms with Crippen molar-refractivity contribution >= 4 is 12.0 Å². The Balaban J connectivity index is 2.95. The minimum atomic E-state index is -0.369. The molecule has 1 aromatic rings. The number of rotatable bonds is 3. The number of nitrogens with one attached hydrogen (secondary N) is 1. The average Bonchev–Trinajstić information content (AvgIpc) is 2.07. The van der Waals surface area contributed by atoms with Crippen molar-refractivity contribution in [3.05, 3.63) is 35.9 Å². The number of hydrogen-bond donors (Lipinski definition) is 1. The summed E-state index contributed by atoms with van der Waals surface area (Å²) in [5.41, 5.74) is 0.889. The molecule has 2 nitrogen and oxygen atoms in total. The predicted octanol–water partition coefficient (Wildman–Crippen LogP) is 2.01. The predicted molar refractivity (Wildman–Crippen MR) is 48.6 cm³/mol. The lowest BCUT2D eigenvalue weighted by Gasteiger charge is -2.06. The van der Waals surface area contributed by atoms with E-state index < -0.39 is 0 Å². The van der Waals surface area contributed by atoms with E-state index in [-0.39, 0.29) is 11.7 Å². The van der Waals surface area contributed by atoms with E-state index in [1.54, 1.807) is 0 Å². The summed E-state index contributed by atoms with van der Waals surface area (Å²) in [7, 11) is 0. The van der Waals surface area contributed by atoms with Crippen molar-refractivity contribution in [2.75, 3.05) is 0 Å². The number of carbonyl (C=O) groups excluding carboxylic acids is 1. The van der Waals surface area contributed by atoms with Crippen molar-refractivity contribution in [1.29, 1.82) is 5.41 Å². The number of ketones is 1. The van der Waals surface area contributed by atoms with Crippen molar-refractivity contribution in [3.63, 3.8) is 0 Å². The van der Waals surface area contributed by atoms with Gasteiger partial charge in [0.05, 0.1) is 5.92 Å². The highest BCUT2D eigenvalue weighted by atomic mass is 16.1. The van der Waals surface area contributed by atoms with Crippen molar-refractivity contribution in [3.8, 4) is 0 Å². The molecule has 62 valence electrons. The molecule has 1 N–H and O–H groups in total. The molecule has 1 aromatic carbocycles. The second-order valence-electron chi connectivity index (χ2n) is 2.67. The van der Waals surface area contributed by atoms with Gasteiger partial charge in [-0.05, 0) is 12.5 Å². The standard InChI is InChI=1S/C10H11NO/c1-8(12)10(7-11)9-5-3-2-4-6-9/h2-7,10-11H,1H3. The Kier molecular flexibility index (Phi) is 2.75. The van der Waals surface area contributed by atoms with Crippen LogP contribution in [0.3, 0.4) is 0 Å². The van der Waals surface area contributed by atoms with Crippen LogP contribution in [0.4, 0.5) is 0 Å². The van der Waals surface area contributed by atoms with Crippen molar-refractivity contribution < 1.29 is 4.79 Å². The molecule has 0 amide bonds. The fraction of sp³-hybridized carbons (Fsp3) is 0.200. The van der Waals surface area contributed by atoms with E-state index in [1.807, 2.05) is 30.3 Å². The lowest BCUT2D eigenvalue weighted by molar-refractivity contribution is -0.116. The molecule has 2 heteroatoms. The Bertz CT molecular complexity index is 279. The van der Waals surface area contributed by atoms with E-state index in [1.165, 1.54) is 13.1 Å². The summed E-state index contributed by atoms with van der Waals surface area (Å²) in [6.07, 6.45) is 1.18. The largest absolute Gasteiger partial charge is 0.312 e. The van der Waals surface area contributed by atoms with Crippen molar-refractivity contribution in [2.24, 2.45) is 0 Å². The van der Waals surface area contributed by atoms with Gasteiger partial charge in [0.25, 0.3) is 0 Å². The zero-order chi connectivity index (χ0) is 8.97. The SMILES string of the molecule is CC(=O)C(C=N)c1ccccc1. The highest BCUT2D eigenvalue weighted by Crippen LogP contribution is 2.13. The quantitative estimate of drug-likeness (QED) is 0.677. The molecule has 0 fully saturated rings. The maximum Gasteiger partial charge on any atom is 0.142 e. The molecule has 0 aliphatic rings. The third kappa shape index (κ3) is 1.78. The minimum Gasteiger partial charge on any atom is -0.312 e. The van der Waals surface area contributed by atoms with Crippen LogP contribution in [0.5, 0.6) is 0 Å². The van der Waals surface area contributed by atoms with E-state index in [0.717, 1.165) is 5.56 Å². The van der Waals surface area contributed by atoms with Gasteiger partial charge in [-0.1, -0.05) is 30.3 Å². The van der Waals surface area contributed by atoms with Crippen LogP contribution in [0.2, 0.25) is 0 Å². The highest BCUT2D eigenvalue weighted by Gasteiger charge is 2.11. The second-order valence-corrected chi connectivity index (χ2v) is 2.67. The Morgan fingerprint density at radius 3 is 2.42 bits per heavy atom. The molecule has 0 aromatic heterocycles. The van der Waals surface area contributed by atoms with E-state index >= 15 is 0 Å². The van der Waals surface area contributed by atoms with Gasteiger partial charge in [-0.15, -0.1) is 0 Å². The van der Waals surface area contributed by atoms with Gasteiger partial charge in [-0.2, -0.15) is 0 Å². The molecule has 0 spiro atoms. The molecular weight excluding hydrogens is 150 g/mol. The molecule has 0 bridgehead atoms. The smallest absolute Gasteiger partial charge is 0.142 e. The Morgan fingerprint density at radius 2 is 2.00 bits per heavy atom. The maximum atomic E-state index is 11.0. The summed E-state index contributed by atoms with van der Waals surface area (Å²) in [6.45, 7) is 1.50. The Labute approximate surface area is 71.7 Å². The van der Waals surface area contributed by atoms with Gasteiger partial charge in [0.2, 0.25) is 0 Å². The Morgan fingerprint density at radius 1 is 1.42 bits per heavy atom. The van der Waals surface area contributed by atoms with Crippen LogP contribution in [0.15, 0.2) is 30.3 Å². The van der Waals surface area contributed by atoms with Gasteiger partial charge in [0.15, 0.2) is 0 Å². The van der Waals surface area contributed by atoms with E-state index in [2.05, 4.69) is 0 Å². The van der Waals surface area contributed by atoms with Crippen LogP contribution in [-0.4, -0.2) is 12.0 Å². The van der Waals surface area contributed by atoms with Gasteiger partial charge in [-0.25, -0.2) is 0 Å². The highest BCUT2D eigenvalue weighted by molar-refractivity contribution is 5.98. The van der Waals surface area contributed by atoms with Gasteiger partial charge >= 0.3 is 0 Å². The van der Waals surface area contributed by atoms with Crippen LogP contribution in [0.25, 0.3) is 0 Å². The monoisotopic (exact) mass is 161 g/mol. The molecule has 0 aliphatic heterocycles. The van der Waals surface area contributed by atoms with Crippen LogP contribution in [0.1, 0.15) is 18.4 Å². The van der Waals surface area contributed by atoms with Crippen LogP contribution >= 0.6 is 0 Å². The van der Waals surface area contributed by atoms with Crippen molar-refractivity contribution in [2.45, 2.75) is 12.8 Å². The molecule has 12 heavy (non-hydrogen) atoms. The molecular formula is C10H11NO. The lowest BCUT2D eigenvalue weighted by atomic mass is 9.97. The normalized spacial score (nSPS) is 12.1. The molecule has 1 atom stereocenters. The molecule has 1 rings (SSSR count). The average molecular weight is 161 g/mol. The summed E-state index contributed by atoms with van der Waals surface area (Å²) >= 11 is 0. The third-order valence-corrected chi connectivity index (χ3v) is 1.76. The Hall–Kier alpha value is -1.44. The molecule has 0 heterocycles. The summed E-state index contributed by atoms with van der Waals surface area (Å²) < 4.78 is 0. The molecule has 0 saturated heterocycles. The van der Waals surface area contributed by atoms with Gasteiger partial charge < -0.3 is 5.41 Å². The molecule has 0 radical (unpaired) electrons. The first-order valence-corrected chi connectivity index (χ1v) is 3.81. The fourth-order valence-electron chi connectivity index (χ4n) is 1.11.